The Morgan fingerprint density at radius 3 is 2.71 bits per heavy atom. The van der Waals surface area contributed by atoms with E-state index < -0.39 is 5.92 Å². The first kappa shape index (κ1) is 16.3. The van der Waals surface area contributed by atoms with Crippen molar-refractivity contribution in [1.82, 2.24) is 20.6 Å². The van der Waals surface area contributed by atoms with Crippen LogP contribution < -0.4 is 5.32 Å². The Morgan fingerprint density at radius 2 is 1.86 bits per heavy atom. The topological polar surface area (TPSA) is 101 Å². The first-order valence-corrected chi connectivity index (χ1v) is 8.89. The fraction of sp³-hybridized carbons (Fsp3) is 0.0952. The summed E-state index contributed by atoms with van der Waals surface area (Å²) >= 11 is 0. The molecule has 4 aromatic rings. The Labute approximate surface area is 159 Å². The number of aromatic nitrogens is 4. The number of anilines is 1. The molecule has 7 heteroatoms. The molecule has 0 fully saturated rings. The minimum absolute atomic E-state index is 0.142. The van der Waals surface area contributed by atoms with Crippen LogP contribution in [0.3, 0.4) is 0 Å². The minimum atomic E-state index is -0.551. The summed E-state index contributed by atoms with van der Waals surface area (Å²) < 4.78 is 0. The van der Waals surface area contributed by atoms with Crippen LogP contribution in [0.15, 0.2) is 60.7 Å². The van der Waals surface area contributed by atoms with Crippen LogP contribution in [0.1, 0.15) is 23.5 Å². The van der Waals surface area contributed by atoms with Crippen molar-refractivity contribution in [3.05, 3.63) is 71.8 Å². The lowest BCUT2D eigenvalue weighted by Crippen LogP contribution is -2.16. The molecule has 136 valence electrons. The Morgan fingerprint density at radius 1 is 0.964 bits per heavy atom. The third-order valence-corrected chi connectivity index (χ3v) is 5.02. The number of hydrogen-bond acceptors (Lipinski definition) is 5. The number of rotatable bonds is 2. The van der Waals surface area contributed by atoms with E-state index in [9.17, 15) is 9.59 Å². The SMILES string of the molecule is O=C1CC(=O)C(c2cccc(-c3nn[nH]n3)c2)c2ccc3ccccc3c2N1. The predicted octanol–water partition coefficient (Wildman–Crippen LogP) is 3.06. The number of ketones is 1. The summed E-state index contributed by atoms with van der Waals surface area (Å²) in [5.74, 6) is -0.530. The molecule has 2 heterocycles. The van der Waals surface area contributed by atoms with Gasteiger partial charge in [-0.3, -0.25) is 9.59 Å². The van der Waals surface area contributed by atoms with Crippen molar-refractivity contribution in [2.75, 3.05) is 5.32 Å². The van der Waals surface area contributed by atoms with Crippen LogP contribution in [-0.2, 0) is 9.59 Å². The number of benzene rings is 3. The molecule has 1 aliphatic heterocycles. The monoisotopic (exact) mass is 369 g/mol. The Kier molecular flexibility index (Phi) is 3.72. The second-order valence-electron chi connectivity index (χ2n) is 6.74. The summed E-state index contributed by atoms with van der Waals surface area (Å²) in [6.45, 7) is 0. The number of tetrazole rings is 1. The van der Waals surface area contributed by atoms with Crippen LogP contribution in [0.4, 0.5) is 5.69 Å². The van der Waals surface area contributed by atoms with Crippen molar-refractivity contribution in [2.24, 2.45) is 0 Å². The molecule has 5 rings (SSSR count). The average molecular weight is 369 g/mol. The van der Waals surface area contributed by atoms with Gasteiger partial charge in [0.2, 0.25) is 11.7 Å². The van der Waals surface area contributed by atoms with Crippen LogP contribution >= 0.6 is 0 Å². The van der Waals surface area contributed by atoms with Gasteiger partial charge in [-0.25, -0.2) is 0 Å². The maximum atomic E-state index is 13.0. The summed E-state index contributed by atoms with van der Waals surface area (Å²) in [7, 11) is 0. The van der Waals surface area contributed by atoms with Gasteiger partial charge in [-0.2, -0.15) is 5.21 Å². The second kappa shape index (κ2) is 6.38. The van der Waals surface area contributed by atoms with Gasteiger partial charge in [-0.05, 0) is 27.8 Å². The zero-order valence-electron chi connectivity index (χ0n) is 14.7. The average Bonchev–Trinajstić information content (AvgIpc) is 3.20. The number of H-pyrrole nitrogens is 1. The molecular formula is C21H15N5O2. The van der Waals surface area contributed by atoms with E-state index in [4.69, 9.17) is 0 Å². The van der Waals surface area contributed by atoms with Gasteiger partial charge in [-0.1, -0.05) is 54.6 Å². The predicted molar refractivity (Wildman–Crippen MR) is 104 cm³/mol. The third kappa shape index (κ3) is 2.64. The van der Waals surface area contributed by atoms with Gasteiger partial charge in [0.1, 0.15) is 0 Å². The summed E-state index contributed by atoms with van der Waals surface area (Å²) in [6.07, 6.45) is -0.167. The Hall–Kier alpha value is -3.87. The number of nitrogens with zero attached hydrogens (tertiary/aromatic N) is 3. The highest BCUT2D eigenvalue weighted by atomic mass is 16.2. The standard InChI is InChI=1S/C21H15N5O2/c27-17-11-18(28)22-20-15-7-2-1-4-12(15)8-9-16(20)19(17)13-5-3-6-14(10-13)21-23-25-26-24-21/h1-10,19H,11H2,(H,22,28)(H,23,24,25,26). The zero-order chi connectivity index (χ0) is 19.1. The molecule has 0 radical (unpaired) electrons. The maximum Gasteiger partial charge on any atom is 0.231 e. The van der Waals surface area contributed by atoms with E-state index in [0.29, 0.717) is 11.5 Å². The summed E-state index contributed by atoms with van der Waals surface area (Å²) in [5, 5.41) is 18.9. The molecule has 0 saturated heterocycles. The van der Waals surface area contributed by atoms with Crippen molar-refractivity contribution in [1.29, 1.82) is 0 Å². The molecule has 2 N–H and O–H groups in total. The van der Waals surface area contributed by atoms with Crippen LogP contribution in [0.25, 0.3) is 22.2 Å². The number of nitrogens with one attached hydrogen (secondary N) is 2. The van der Waals surface area contributed by atoms with Crippen molar-refractivity contribution < 1.29 is 9.59 Å². The highest BCUT2D eigenvalue weighted by Crippen LogP contribution is 2.39. The normalized spacial score (nSPS) is 16.5. The lowest BCUT2D eigenvalue weighted by Gasteiger charge is -2.18. The third-order valence-electron chi connectivity index (χ3n) is 5.02. The minimum Gasteiger partial charge on any atom is -0.325 e. The van der Waals surface area contributed by atoms with Crippen molar-refractivity contribution in [2.45, 2.75) is 12.3 Å². The van der Waals surface area contributed by atoms with Crippen LogP contribution in [0, 0.1) is 0 Å². The second-order valence-corrected chi connectivity index (χ2v) is 6.74. The summed E-state index contributed by atoms with van der Waals surface area (Å²) in [6, 6.07) is 19.2. The van der Waals surface area contributed by atoms with Gasteiger partial charge in [0.15, 0.2) is 5.78 Å². The number of carbonyl (C=O) groups is 2. The molecule has 0 aliphatic carbocycles. The number of amides is 1. The maximum absolute atomic E-state index is 13.0. The molecule has 3 aromatic carbocycles. The number of carbonyl (C=O) groups excluding carboxylic acids is 2. The molecule has 0 saturated carbocycles. The van der Waals surface area contributed by atoms with Gasteiger partial charge >= 0.3 is 0 Å². The fourth-order valence-corrected chi connectivity index (χ4v) is 3.79. The largest absolute Gasteiger partial charge is 0.325 e. The first-order valence-electron chi connectivity index (χ1n) is 8.89. The summed E-state index contributed by atoms with van der Waals surface area (Å²) in [5.41, 5.74) is 3.04. The van der Waals surface area contributed by atoms with E-state index in [0.717, 1.165) is 27.5 Å². The van der Waals surface area contributed by atoms with Crippen molar-refractivity contribution in [3.8, 4) is 11.4 Å². The molecule has 1 aliphatic rings. The van der Waals surface area contributed by atoms with E-state index in [1.807, 2.05) is 60.7 Å². The molecular weight excluding hydrogens is 354 g/mol. The number of hydrogen-bond donors (Lipinski definition) is 2. The van der Waals surface area contributed by atoms with Gasteiger partial charge in [-0.15, -0.1) is 10.2 Å². The highest BCUT2D eigenvalue weighted by Gasteiger charge is 2.31. The quantitative estimate of drug-likeness (QED) is 0.529. The molecule has 7 nitrogen and oxygen atoms in total. The van der Waals surface area contributed by atoms with E-state index in [1.54, 1.807) is 0 Å². The number of Topliss-reactive ketones (excluding diaryl/α,β-unsaturated/α-hetero) is 1. The van der Waals surface area contributed by atoms with E-state index in [1.165, 1.54) is 0 Å². The zero-order valence-corrected chi connectivity index (χ0v) is 14.7. The number of aromatic amines is 1. The van der Waals surface area contributed by atoms with Gasteiger partial charge in [0.25, 0.3) is 0 Å². The Balaban J connectivity index is 1.72. The lowest BCUT2D eigenvalue weighted by molar-refractivity contribution is -0.125. The fourth-order valence-electron chi connectivity index (χ4n) is 3.79. The molecule has 1 aromatic heterocycles. The van der Waals surface area contributed by atoms with E-state index in [-0.39, 0.29) is 18.1 Å². The van der Waals surface area contributed by atoms with Crippen LogP contribution in [0.2, 0.25) is 0 Å². The molecule has 1 atom stereocenters. The van der Waals surface area contributed by atoms with Crippen molar-refractivity contribution >= 4 is 28.2 Å². The van der Waals surface area contributed by atoms with Gasteiger partial charge < -0.3 is 5.32 Å². The summed E-state index contributed by atoms with van der Waals surface area (Å²) in [4.78, 5) is 25.4. The first-order chi connectivity index (χ1) is 13.7. The van der Waals surface area contributed by atoms with Crippen LogP contribution in [-0.4, -0.2) is 32.3 Å². The highest BCUT2D eigenvalue weighted by molar-refractivity contribution is 6.14. The van der Waals surface area contributed by atoms with Crippen LogP contribution in [0.5, 0.6) is 0 Å². The number of fused-ring (bicyclic) bond motifs is 3. The van der Waals surface area contributed by atoms with Crippen molar-refractivity contribution in [3.63, 3.8) is 0 Å². The molecule has 0 spiro atoms. The van der Waals surface area contributed by atoms with E-state index >= 15 is 0 Å². The Bertz CT molecular complexity index is 1220. The van der Waals surface area contributed by atoms with Gasteiger partial charge in [0.05, 0.1) is 18.0 Å². The smallest absolute Gasteiger partial charge is 0.231 e. The van der Waals surface area contributed by atoms with Gasteiger partial charge in [0, 0.05) is 10.9 Å². The molecule has 1 amide bonds. The lowest BCUT2D eigenvalue weighted by atomic mass is 9.84. The molecule has 28 heavy (non-hydrogen) atoms. The van der Waals surface area contributed by atoms with E-state index in [2.05, 4.69) is 25.9 Å². The molecule has 0 bridgehead atoms. The molecule has 1 unspecified atom stereocenters.